The van der Waals surface area contributed by atoms with Gasteiger partial charge in [0.15, 0.2) is 6.61 Å². The van der Waals surface area contributed by atoms with Gasteiger partial charge in [-0.2, -0.15) is 0 Å². The van der Waals surface area contributed by atoms with Crippen molar-refractivity contribution in [3.8, 4) is 5.75 Å². The Kier molecular flexibility index (Phi) is 5.94. The highest BCUT2D eigenvalue weighted by Gasteiger charge is 2.27. The summed E-state index contributed by atoms with van der Waals surface area (Å²) in [6.07, 6.45) is 1.57. The Labute approximate surface area is 201 Å². The van der Waals surface area contributed by atoms with Gasteiger partial charge in [0.2, 0.25) is 5.91 Å². The maximum absolute atomic E-state index is 12.8. The number of carbonyl (C=O) groups is 2. The molecule has 0 aliphatic carbocycles. The van der Waals surface area contributed by atoms with Crippen molar-refractivity contribution >= 4 is 45.8 Å². The molecule has 0 bridgehead atoms. The number of benzene rings is 3. The monoisotopic (exact) mass is 474 g/mol. The van der Waals surface area contributed by atoms with Crippen LogP contribution in [0, 0.1) is 0 Å². The number of imidazole rings is 1. The molecule has 4 aromatic rings. The van der Waals surface area contributed by atoms with Gasteiger partial charge in [-0.3, -0.25) is 14.5 Å². The summed E-state index contributed by atoms with van der Waals surface area (Å²) in [6, 6.07) is 20.8. The van der Waals surface area contributed by atoms with E-state index in [-0.39, 0.29) is 25.0 Å². The molecule has 3 aromatic carbocycles. The van der Waals surface area contributed by atoms with Crippen LogP contribution in [0.2, 0.25) is 5.02 Å². The molecular weight excluding hydrogens is 452 g/mol. The van der Waals surface area contributed by atoms with Crippen LogP contribution >= 0.6 is 11.6 Å². The molecule has 172 valence electrons. The van der Waals surface area contributed by atoms with E-state index in [1.165, 1.54) is 4.90 Å². The molecule has 7 nitrogen and oxygen atoms in total. The number of fused-ring (bicyclic) bond motifs is 2. The van der Waals surface area contributed by atoms with Gasteiger partial charge in [0.25, 0.3) is 5.91 Å². The Morgan fingerprint density at radius 3 is 2.79 bits per heavy atom. The average Bonchev–Trinajstić information content (AvgIpc) is 3.15. The molecule has 1 aromatic heterocycles. The van der Waals surface area contributed by atoms with Crippen molar-refractivity contribution in [1.82, 2.24) is 9.55 Å². The van der Waals surface area contributed by atoms with Gasteiger partial charge < -0.3 is 14.6 Å². The van der Waals surface area contributed by atoms with E-state index in [0.717, 1.165) is 35.3 Å². The fourth-order valence-electron chi connectivity index (χ4n) is 4.17. The summed E-state index contributed by atoms with van der Waals surface area (Å²) in [5.74, 6) is 0.953. The van der Waals surface area contributed by atoms with E-state index in [4.69, 9.17) is 21.3 Å². The lowest BCUT2D eigenvalue weighted by Gasteiger charge is -2.29. The van der Waals surface area contributed by atoms with Crippen LogP contribution in [-0.4, -0.2) is 34.5 Å². The zero-order valence-corrected chi connectivity index (χ0v) is 19.4. The lowest BCUT2D eigenvalue weighted by Crippen LogP contribution is -2.43. The number of carbonyl (C=O) groups excluding carboxylic acids is 2. The van der Waals surface area contributed by atoms with E-state index in [9.17, 15) is 9.59 Å². The summed E-state index contributed by atoms with van der Waals surface area (Å²) in [4.78, 5) is 31.3. The molecule has 1 N–H and O–H groups in total. The quantitative estimate of drug-likeness (QED) is 0.450. The van der Waals surface area contributed by atoms with E-state index >= 15 is 0 Å². The van der Waals surface area contributed by atoms with Crippen LogP contribution in [0.3, 0.4) is 0 Å². The zero-order valence-electron chi connectivity index (χ0n) is 18.6. The molecule has 34 heavy (non-hydrogen) atoms. The van der Waals surface area contributed by atoms with Crippen molar-refractivity contribution in [2.75, 3.05) is 23.4 Å². The van der Waals surface area contributed by atoms with Crippen molar-refractivity contribution in [3.05, 3.63) is 83.1 Å². The number of aromatic nitrogens is 2. The maximum Gasteiger partial charge on any atom is 0.265 e. The third-order valence-corrected chi connectivity index (χ3v) is 6.13. The summed E-state index contributed by atoms with van der Waals surface area (Å²) >= 11 is 6.08. The Morgan fingerprint density at radius 2 is 1.94 bits per heavy atom. The second-order valence-corrected chi connectivity index (χ2v) is 8.64. The van der Waals surface area contributed by atoms with E-state index in [2.05, 4.69) is 16.0 Å². The number of anilines is 2. The predicted molar refractivity (Wildman–Crippen MR) is 132 cm³/mol. The lowest BCUT2D eigenvalue weighted by molar-refractivity contribution is -0.123. The number of ether oxygens (including phenoxy) is 1. The number of amides is 2. The molecular formula is C26H23ClN4O3. The van der Waals surface area contributed by atoms with Crippen molar-refractivity contribution in [3.63, 3.8) is 0 Å². The van der Waals surface area contributed by atoms with Crippen LogP contribution in [0.1, 0.15) is 11.4 Å². The van der Waals surface area contributed by atoms with Gasteiger partial charge in [-0.15, -0.1) is 0 Å². The number of para-hydroxylation sites is 2. The van der Waals surface area contributed by atoms with Crippen molar-refractivity contribution in [2.45, 2.75) is 12.8 Å². The number of nitrogens with zero attached hydrogens (tertiary/aromatic N) is 3. The molecule has 0 spiro atoms. The van der Waals surface area contributed by atoms with Crippen LogP contribution in [0.25, 0.3) is 11.0 Å². The highest BCUT2D eigenvalue weighted by Crippen LogP contribution is 2.34. The predicted octanol–water partition coefficient (Wildman–Crippen LogP) is 4.38. The molecule has 2 heterocycles. The second-order valence-electron chi connectivity index (χ2n) is 8.20. The first-order valence-corrected chi connectivity index (χ1v) is 11.4. The summed E-state index contributed by atoms with van der Waals surface area (Å²) in [5.41, 5.74) is 4.36. The van der Waals surface area contributed by atoms with Crippen LogP contribution in [0.15, 0.2) is 66.7 Å². The maximum atomic E-state index is 12.8. The van der Waals surface area contributed by atoms with Crippen molar-refractivity contribution in [1.29, 1.82) is 0 Å². The fraction of sp³-hybridized carbons (Fsp3) is 0.192. The standard InChI is InChI=1S/C26H23ClN4O3/c1-30-21-8-3-2-7-20(21)29-24(30)12-9-17-5-4-6-19(13-17)28-25(32)15-31-22-14-18(27)10-11-23(22)34-16-26(31)33/h2-8,10-11,13-14H,9,12,15-16H2,1H3,(H,28,32). The van der Waals surface area contributed by atoms with Gasteiger partial charge in [0, 0.05) is 24.2 Å². The van der Waals surface area contributed by atoms with E-state index in [1.54, 1.807) is 18.2 Å². The Bertz CT molecular complexity index is 1400. The van der Waals surface area contributed by atoms with Crippen LogP contribution in [0.4, 0.5) is 11.4 Å². The van der Waals surface area contributed by atoms with Gasteiger partial charge in [-0.05, 0) is 54.4 Å². The van der Waals surface area contributed by atoms with Crippen LogP contribution in [-0.2, 0) is 29.5 Å². The smallest absolute Gasteiger partial charge is 0.265 e. The highest BCUT2D eigenvalue weighted by molar-refractivity contribution is 6.31. The van der Waals surface area contributed by atoms with Gasteiger partial charge in [-0.1, -0.05) is 35.9 Å². The van der Waals surface area contributed by atoms with Gasteiger partial charge in [0.05, 0.1) is 16.7 Å². The Balaban J connectivity index is 1.25. The highest BCUT2D eigenvalue weighted by atomic mass is 35.5. The summed E-state index contributed by atoms with van der Waals surface area (Å²) in [6.45, 7) is -0.237. The summed E-state index contributed by atoms with van der Waals surface area (Å²) in [5, 5.41) is 3.37. The van der Waals surface area contributed by atoms with E-state index < -0.39 is 0 Å². The average molecular weight is 475 g/mol. The SMILES string of the molecule is Cn1c(CCc2cccc(NC(=O)CN3C(=O)COc4ccc(Cl)cc43)c2)nc2ccccc21. The molecule has 0 radical (unpaired) electrons. The number of hydrogen-bond acceptors (Lipinski definition) is 4. The van der Waals surface area contributed by atoms with Crippen molar-refractivity contribution < 1.29 is 14.3 Å². The number of nitrogens with one attached hydrogen (secondary N) is 1. The molecule has 0 saturated heterocycles. The number of hydrogen-bond donors (Lipinski definition) is 1. The Hall–Kier alpha value is -3.84. The number of rotatable bonds is 6. The molecule has 0 saturated carbocycles. The third kappa shape index (κ3) is 4.47. The molecule has 8 heteroatoms. The molecule has 2 amide bonds. The largest absolute Gasteiger partial charge is 0.482 e. The first-order chi connectivity index (χ1) is 16.5. The minimum absolute atomic E-state index is 0.112. The Morgan fingerprint density at radius 1 is 1.09 bits per heavy atom. The van der Waals surface area contributed by atoms with E-state index in [0.29, 0.717) is 22.1 Å². The second kappa shape index (κ2) is 9.19. The summed E-state index contributed by atoms with van der Waals surface area (Å²) in [7, 11) is 2.03. The first kappa shape index (κ1) is 22.0. The molecule has 0 unspecified atom stereocenters. The van der Waals surface area contributed by atoms with Gasteiger partial charge in [0.1, 0.15) is 18.1 Å². The molecule has 0 atom stereocenters. The van der Waals surface area contributed by atoms with Crippen molar-refractivity contribution in [2.24, 2.45) is 7.05 Å². The molecule has 0 fully saturated rings. The molecule has 1 aliphatic rings. The first-order valence-electron chi connectivity index (χ1n) is 11.0. The topological polar surface area (TPSA) is 76.5 Å². The number of aryl methyl sites for hydroxylation is 3. The third-order valence-electron chi connectivity index (χ3n) is 5.89. The summed E-state index contributed by atoms with van der Waals surface area (Å²) < 4.78 is 7.55. The molecule has 5 rings (SSSR count). The zero-order chi connectivity index (χ0) is 23.7. The normalized spacial score (nSPS) is 13.0. The van der Waals surface area contributed by atoms with Gasteiger partial charge >= 0.3 is 0 Å². The number of halogens is 1. The van der Waals surface area contributed by atoms with Gasteiger partial charge in [-0.25, -0.2) is 4.98 Å². The van der Waals surface area contributed by atoms with E-state index in [1.807, 2.05) is 49.5 Å². The van der Waals surface area contributed by atoms with Crippen LogP contribution < -0.4 is 15.0 Å². The minimum atomic E-state index is -0.298. The lowest BCUT2D eigenvalue weighted by atomic mass is 10.1. The fourth-order valence-corrected chi connectivity index (χ4v) is 4.34. The molecule has 1 aliphatic heterocycles. The van der Waals surface area contributed by atoms with Crippen LogP contribution in [0.5, 0.6) is 5.75 Å². The minimum Gasteiger partial charge on any atom is -0.482 e.